The molecule has 0 fully saturated rings. The fourth-order valence-corrected chi connectivity index (χ4v) is 4.40. The van der Waals surface area contributed by atoms with E-state index in [1.807, 2.05) is 0 Å². The van der Waals surface area contributed by atoms with E-state index in [0.29, 0.717) is 4.73 Å². The number of fused-ring (bicyclic) bond motifs is 1. The smallest absolute Gasteiger partial charge is 0.208 e. The first-order valence-corrected chi connectivity index (χ1v) is 7.06. The summed E-state index contributed by atoms with van der Waals surface area (Å²) in [4.78, 5) is 5.50. The summed E-state index contributed by atoms with van der Waals surface area (Å²) in [7, 11) is 0. The summed E-state index contributed by atoms with van der Waals surface area (Å²) in [5, 5.41) is 3.10. The molecule has 0 aliphatic heterocycles. The molecule has 0 radical (unpaired) electrons. The van der Waals surface area contributed by atoms with E-state index in [-0.39, 0.29) is 0 Å². The lowest BCUT2D eigenvalue weighted by Crippen LogP contribution is -1.67. The second-order valence-corrected chi connectivity index (χ2v) is 6.12. The van der Waals surface area contributed by atoms with Crippen LogP contribution in [0.2, 0.25) is 0 Å². The van der Waals surface area contributed by atoms with Crippen LogP contribution in [0.25, 0.3) is 19.3 Å². The number of hydrogen-bond donors (Lipinski definition) is 0. The second-order valence-electron chi connectivity index (χ2n) is 2.63. The molecule has 0 N–H and O–H groups in total. The van der Waals surface area contributed by atoms with Crippen LogP contribution in [0, 0.1) is 0 Å². The van der Waals surface area contributed by atoms with Crippen LogP contribution in [-0.2, 0) is 0 Å². The van der Waals surface area contributed by atoms with Gasteiger partial charge in [0.25, 0.3) is 0 Å². The zero-order valence-corrected chi connectivity index (χ0v) is 10.8. The van der Waals surface area contributed by atoms with Gasteiger partial charge < -0.3 is 0 Å². The molecule has 3 rings (SSSR count). The highest BCUT2D eigenvalue weighted by molar-refractivity contribution is 9.10. The topological polar surface area (TPSA) is 25.8 Å². The quantitative estimate of drug-likeness (QED) is 0.672. The largest absolute Gasteiger partial charge is 0.209 e. The fraction of sp³-hybridized carbons (Fsp3) is 0. The number of thiophene rings is 2. The summed E-state index contributed by atoms with van der Waals surface area (Å²) in [6.45, 7) is 0. The molecule has 70 valence electrons. The van der Waals surface area contributed by atoms with Crippen molar-refractivity contribution in [1.82, 2.24) is 9.36 Å². The monoisotopic (exact) mass is 302 g/mol. The third kappa shape index (κ3) is 1.42. The highest BCUT2D eigenvalue weighted by atomic mass is 79.9. The normalized spacial score (nSPS) is 11.2. The molecule has 0 aliphatic rings. The van der Waals surface area contributed by atoms with Gasteiger partial charge in [0.1, 0.15) is 0 Å². The number of nitrogens with zero attached hydrogens (tertiary/aromatic N) is 2. The van der Waals surface area contributed by atoms with E-state index in [0.717, 1.165) is 5.01 Å². The molecule has 0 aromatic carbocycles. The molecular weight excluding hydrogens is 300 g/mol. The maximum atomic E-state index is 4.29. The van der Waals surface area contributed by atoms with Crippen molar-refractivity contribution in [2.45, 2.75) is 0 Å². The van der Waals surface area contributed by atoms with Crippen molar-refractivity contribution in [3.05, 3.63) is 22.2 Å². The first-order valence-electron chi connectivity index (χ1n) is 3.79. The van der Waals surface area contributed by atoms with Crippen molar-refractivity contribution in [1.29, 1.82) is 0 Å². The Morgan fingerprint density at radius 3 is 2.93 bits per heavy atom. The molecule has 3 heterocycles. The molecule has 14 heavy (non-hydrogen) atoms. The minimum atomic E-state index is 0.675. The van der Waals surface area contributed by atoms with Gasteiger partial charge >= 0.3 is 0 Å². The summed E-state index contributed by atoms with van der Waals surface area (Å²) in [6, 6.07) is 4.32. The lowest BCUT2D eigenvalue weighted by Gasteiger charge is -1.83. The molecule has 0 aliphatic carbocycles. The highest BCUT2D eigenvalue weighted by Crippen LogP contribution is 2.37. The Balaban J connectivity index is 2.18. The number of halogens is 1. The van der Waals surface area contributed by atoms with Gasteiger partial charge in [-0.15, -0.1) is 22.7 Å². The Morgan fingerprint density at radius 1 is 1.29 bits per heavy atom. The molecule has 0 unspecified atom stereocenters. The van der Waals surface area contributed by atoms with Gasteiger partial charge in [-0.05, 0) is 45.0 Å². The van der Waals surface area contributed by atoms with Gasteiger partial charge in [-0.2, -0.15) is 4.37 Å². The lowest BCUT2D eigenvalue weighted by atomic mass is 10.4. The predicted molar refractivity (Wildman–Crippen MR) is 66.3 cm³/mol. The highest BCUT2D eigenvalue weighted by Gasteiger charge is 2.09. The van der Waals surface area contributed by atoms with Crippen LogP contribution in [0.5, 0.6) is 0 Å². The Kier molecular flexibility index (Phi) is 2.16. The van der Waals surface area contributed by atoms with E-state index in [2.05, 4.69) is 42.8 Å². The van der Waals surface area contributed by atoms with Crippen molar-refractivity contribution in [2.75, 3.05) is 0 Å². The van der Waals surface area contributed by atoms with Gasteiger partial charge in [0.2, 0.25) is 4.73 Å². The van der Waals surface area contributed by atoms with Crippen molar-refractivity contribution in [3.8, 4) is 9.88 Å². The first kappa shape index (κ1) is 8.96. The third-order valence-electron chi connectivity index (χ3n) is 1.75. The zero-order valence-electron chi connectivity index (χ0n) is 6.73. The van der Waals surface area contributed by atoms with Crippen molar-refractivity contribution in [3.63, 3.8) is 0 Å². The molecule has 0 saturated carbocycles. The van der Waals surface area contributed by atoms with Crippen LogP contribution in [-0.4, -0.2) is 9.36 Å². The summed E-state index contributed by atoms with van der Waals surface area (Å²) < 4.78 is 7.44. The predicted octanol–water partition coefficient (Wildman–Crippen LogP) is 4.24. The molecule has 3 aromatic heterocycles. The lowest BCUT2D eigenvalue weighted by molar-refractivity contribution is 1.26. The van der Waals surface area contributed by atoms with Crippen LogP contribution < -0.4 is 0 Å². The van der Waals surface area contributed by atoms with Crippen LogP contribution in [0.3, 0.4) is 0 Å². The minimum Gasteiger partial charge on any atom is -0.208 e. The zero-order chi connectivity index (χ0) is 9.54. The van der Waals surface area contributed by atoms with Gasteiger partial charge in [0.15, 0.2) is 5.01 Å². The van der Waals surface area contributed by atoms with Gasteiger partial charge in [0.05, 0.1) is 4.88 Å². The van der Waals surface area contributed by atoms with Gasteiger partial charge in [-0.3, -0.25) is 0 Å². The molecule has 3 aromatic rings. The molecule has 0 spiro atoms. The Morgan fingerprint density at radius 2 is 2.21 bits per heavy atom. The molecular formula is C8H3BrN2S3. The first-order chi connectivity index (χ1) is 6.83. The van der Waals surface area contributed by atoms with Crippen molar-refractivity contribution < 1.29 is 0 Å². The van der Waals surface area contributed by atoms with Crippen LogP contribution >= 0.6 is 50.1 Å². The minimum absolute atomic E-state index is 0.675. The Bertz CT molecular complexity index is 551. The van der Waals surface area contributed by atoms with Gasteiger partial charge in [-0.1, -0.05) is 0 Å². The average Bonchev–Trinajstić information content (AvgIpc) is 2.75. The molecule has 0 bridgehead atoms. The van der Waals surface area contributed by atoms with E-state index in [9.17, 15) is 0 Å². The van der Waals surface area contributed by atoms with Crippen LogP contribution in [0.1, 0.15) is 0 Å². The van der Waals surface area contributed by atoms with Crippen LogP contribution in [0.15, 0.2) is 22.2 Å². The third-order valence-corrected chi connectivity index (χ3v) is 5.32. The summed E-state index contributed by atoms with van der Waals surface area (Å²) in [5.74, 6) is 0. The van der Waals surface area contributed by atoms with Crippen molar-refractivity contribution >= 4 is 59.5 Å². The Hall–Kier alpha value is -0.300. The van der Waals surface area contributed by atoms with Crippen molar-refractivity contribution in [2.24, 2.45) is 0 Å². The molecule has 0 saturated heterocycles. The molecule has 0 amide bonds. The van der Waals surface area contributed by atoms with E-state index < -0.39 is 0 Å². The molecule has 2 nitrogen and oxygen atoms in total. The Labute approximate surface area is 101 Å². The molecule has 0 atom stereocenters. The standard InChI is InChI=1S/C8H3BrN2S3/c9-8-10-7(14-11-8)6-3-5-4(13-6)1-2-12-5/h1-3H. The molecule has 6 heteroatoms. The summed E-state index contributed by atoms with van der Waals surface area (Å²) in [6.07, 6.45) is 0. The van der Waals surface area contributed by atoms with Crippen LogP contribution in [0.4, 0.5) is 0 Å². The van der Waals surface area contributed by atoms with Gasteiger partial charge in [-0.25, -0.2) is 4.98 Å². The second kappa shape index (κ2) is 3.37. The number of hydrogen-bond acceptors (Lipinski definition) is 5. The van der Waals surface area contributed by atoms with E-state index >= 15 is 0 Å². The average molecular weight is 303 g/mol. The SMILES string of the molecule is Brc1nsc(-c2cc3sccc3s2)n1. The van der Waals surface area contributed by atoms with Gasteiger partial charge in [0, 0.05) is 9.40 Å². The summed E-state index contributed by atoms with van der Waals surface area (Å²) in [5.41, 5.74) is 0. The summed E-state index contributed by atoms with van der Waals surface area (Å²) >= 11 is 8.22. The number of rotatable bonds is 1. The number of aromatic nitrogens is 2. The maximum absolute atomic E-state index is 4.29. The van der Waals surface area contributed by atoms with E-state index in [1.165, 1.54) is 25.8 Å². The maximum Gasteiger partial charge on any atom is 0.209 e. The van der Waals surface area contributed by atoms with E-state index in [4.69, 9.17) is 0 Å². The van der Waals surface area contributed by atoms with E-state index in [1.54, 1.807) is 22.7 Å². The fourth-order valence-electron chi connectivity index (χ4n) is 1.18.